The lowest BCUT2D eigenvalue weighted by atomic mass is 10.2. The van der Waals surface area contributed by atoms with Crippen LogP contribution in [-0.4, -0.2) is 11.6 Å². The fourth-order valence-electron chi connectivity index (χ4n) is 2.71. The van der Waals surface area contributed by atoms with Crippen LogP contribution in [0.3, 0.4) is 0 Å². The van der Waals surface area contributed by atoms with Crippen molar-refractivity contribution < 1.29 is 23.2 Å². The van der Waals surface area contributed by atoms with Crippen LogP contribution in [0.25, 0.3) is 0 Å². The molecule has 1 aliphatic carbocycles. The van der Waals surface area contributed by atoms with Gasteiger partial charge < -0.3 is 13.6 Å². The van der Waals surface area contributed by atoms with E-state index in [9.17, 15) is 9.59 Å². The Hall–Kier alpha value is -3.69. The van der Waals surface area contributed by atoms with Gasteiger partial charge in [0.05, 0.1) is 0 Å². The molecule has 0 spiro atoms. The first-order valence-corrected chi connectivity index (χ1v) is 11.5. The highest BCUT2D eigenvalue weighted by Crippen LogP contribution is 2.44. The Labute approximate surface area is 195 Å². The summed E-state index contributed by atoms with van der Waals surface area (Å²) in [6.45, 7) is 6.01. The van der Waals surface area contributed by atoms with Crippen molar-refractivity contribution >= 4 is 20.2 Å². The Morgan fingerprint density at radius 1 is 0.485 bits per heavy atom. The van der Waals surface area contributed by atoms with Crippen molar-refractivity contribution in [1.82, 2.24) is 0 Å². The molecule has 0 N–H and O–H groups in total. The van der Waals surface area contributed by atoms with E-state index in [2.05, 4.69) is 0 Å². The van der Waals surface area contributed by atoms with E-state index in [1.54, 1.807) is 0 Å². The summed E-state index contributed by atoms with van der Waals surface area (Å²) in [6.07, 6.45) is 5.01. The third kappa shape index (κ3) is 7.44. The zero-order valence-corrected chi connectivity index (χ0v) is 19.6. The quantitative estimate of drug-likeness (QED) is 0.305. The molecule has 0 unspecified atom stereocenters. The van der Waals surface area contributed by atoms with E-state index >= 15 is 0 Å². The van der Waals surface area contributed by atoms with E-state index in [0.29, 0.717) is 0 Å². The lowest BCUT2D eigenvalue weighted by molar-refractivity contribution is -0.113. The highest BCUT2D eigenvalue weighted by Gasteiger charge is 2.22. The highest BCUT2D eigenvalue weighted by molar-refractivity contribution is 7.43. The number of rotatable bonds is 6. The molecule has 33 heavy (non-hydrogen) atoms. The second kappa shape index (κ2) is 11.8. The van der Waals surface area contributed by atoms with E-state index in [1.807, 2.05) is 93.6 Å². The Morgan fingerprint density at radius 3 is 1.03 bits per heavy atom. The predicted molar refractivity (Wildman–Crippen MR) is 131 cm³/mol. The third-order valence-electron chi connectivity index (χ3n) is 4.62. The molecule has 0 bridgehead atoms. The van der Waals surface area contributed by atoms with Crippen molar-refractivity contribution in [3.8, 4) is 17.2 Å². The minimum Gasteiger partial charge on any atom is -0.408 e. The van der Waals surface area contributed by atoms with Crippen LogP contribution in [0.15, 0.2) is 97.1 Å². The lowest BCUT2D eigenvalue weighted by Crippen LogP contribution is -2.04. The van der Waals surface area contributed by atoms with Gasteiger partial charge >= 0.3 is 8.60 Å². The third-order valence-corrected chi connectivity index (χ3v) is 5.66. The predicted octanol–water partition coefficient (Wildman–Crippen LogP) is 6.63. The van der Waals surface area contributed by atoms with Crippen molar-refractivity contribution in [3.05, 3.63) is 114 Å². The van der Waals surface area contributed by atoms with Crippen LogP contribution in [0, 0.1) is 20.8 Å². The molecule has 5 nitrogen and oxygen atoms in total. The maximum atomic E-state index is 10.3. The van der Waals surface area contributed by atoms with Gasteiger partial charge in [-0.3, -0.25) is 9.59 Å². The van der Waals surface area contributed by atoms with Crippen molar-refractivity contribution in [2.45, 2.75) is 20.8 Å². The summed E-state index contributed by atoms with van der Waals surface area (Å²) in [4.78, 5) is 20.6. The van der Waals surface area contributed by atoms with E-state index in [1.165, 1.54) is 24.3 Å². The summed E-state index contributed by atoms with van der Waals surface area (Å²) in [5.74, 6) is 2.04. The van der Waals surface area contributed by atoms with Crippen LogP contribution >= 0.6 is 8.60 Å². The van der Waals surface area contributed by atoms with Crippen molar-refractivity contribution in [3.63, 3.8) is 0 Å². The van der Waals surface area contributed by atoms with E-state index in [4.69, 9.17) is 13.6 Å². The number of hydrogen-bond acceptors (Lipinski definition) is 5. The molecule has 0 radical (unpaired) electrons. The average Bonchev–Trinajstić information content (AvgIpc) is 2.81. The molecular weight excluding hydrogens is 435 g/mol. The summed E-state index contributed by atoms with van der Waals surface area (Å²) in [5.41, 5.74) is 3.12. The molecule has 1 aliphatic rings. The van der Waals surface area contributed by atoms with E-state index in [-0.39, 0.29) is 11.6 Å². The topological polar surface area (TPSA) is 61.8 Å². The van der Waals surface area contributed by atoms with E-state index < -0.39 is 8.60 Å². The Balaban J connectivity index is 0.000000323. The SMILES string of the molecule is Cc1ccccc1OP(Oc1ccccc1C)Oc1ccccc1C.O=C1C=CC(=O)C=C1. The second-order valence-corrected chi connectivity index (χ2v) is 8.26. The summed E-state index contributed by atoms with van der Waals surface area (Å²) < 4.78 is 18.3. The zero-order valence-electron chi connectivity index (χ0n) is 18.7. The van der Waals surface area contributed by atoms with Crippen molar-refractivity contribution in [2.24, 2.45) is 0 Å². The van der Waals surface area contributed by atoms with Gasteiger partial charge in [-0.2, -0.15) is 0 Å². The van der Waals surface area contributed by atoms with Crippen LogP contribution < -0.4 is 13.6 Å². The van der Waals surface area contributed by atoms with Gasteiger partial charge in [0.15, 0.2) is 11.6 Å². The molecule has 0 amide bonds. The van der Waals surface area contributed by atoms with Crippen LogP contribution in [-0.2, 0) is 9.59 Å². The molecule has 0 heterocycles. The molecule has 0 fully saturated rings. The smallest absolute Gasteiger partial charge is 0.408 e. The van der Waals surface area contributed by atoms with Crippen molar-refractivity contribution in [2.75, 3.05) is 0 Å². The summed E-state index contributed by atoms with van der Waals surface area (Å²) >= 11 is 0. The number of para-hydroxylation sites is 3. The largest absolute Gasteiger partial charge is 0.530 e. The molecular formula is C27H25O5P. The first-order valence-electron chi connectivity index (χ1n) is 10.4. The number of ketones is 2. The van der Waals surface area contributed by atoms with Gasteiger partial charge in [0.25, 0.3) is 0 Å². The number of allylic oxidation sites excluding steroid dienone is 4. The molecule has 168 valence electrons. The minimum atomic E-state index is -1.64. The van der Waals surface area contributed by atoms with Crippen LogP contribution in [0.4, 0.5) is 0 Å². The fourth-order valence-corrected chi connectivity index (χ4v) is 3.92. The van der Waals surface area contributed by atoms with Gasteiger partial charge in [-0.1, -0.05) is 54.6 Å². The first-order chi connectivity index (χ1) is 15.9. The van der Waals surface area contributed by atoms with Gasteiger partial charge in [-0.15, -0.1) is 0 Å². The normalized spacial score (nSPS) is 12.2. The van der Waals surface area contributed by atoms with Gasteiger partial charge in [0.2, 0.25) is 0 Å². The number of carbonyl (C=O) groups excluding carboxylic acids is 2. The maximum Gasteiger partial charge on any atom is 0.530 e. The Morgan fingerprint density at radius 2 is 0.758 bits per heavy atom. The van der Waals surface area contributed by atoms with Crippen molar-refractivity contribution in [1.29, 1.82) is 0 Å². The van der Waals surface area contributed by atoms with E-state index in [0.717, 1.165) is 33.9 Å². The maximum absolute atomic E-state index is 10.3. The molecule has 0 saturated heterocycles. The standard InChI is InChI=1S/C21H21O3P.C6H4O2/c1-16-10-4-7-13-19(16)22-25(23-20-14-8-5-11-17(20)2)24-21-15-9-6-12-18(21)3;7-5-1-2-6(8)4-3-5/h4-15H,1-3H3;1-4H. The molecule has 0 saturated carbocycles. The summed E-state index contributed by atoms with van der Waals surface area (Å²) in [6, 6.07) is 23.6. The lowest BCUT2D eigenvalue weighted by Gasteiger charge is -2.20. The molecule has 6 heteroatoms. The number of carbonyl (C=O) groups is 2. The molecule has 0 atom stereocenters. The molecule has 0 aliphatic heterocycles. The Bertz CT molecular complexity index is 1030. The molecule has 0 aromatic heterocycles. The van der Waals surface area contributed by atoms with Gasteiger partial charge in [0, 0.05) is 0 Å². The number of aryl methyl sites for hydroxylation is 3. The van der Waals surface area contributed by atoms with Crippen LogP contribution in [0.5, 0.6) is 17.2 Å². The average molecular weight is 460 g/mol. The molecule has 3 aromatic rings. The molecule has 3 aromatic carbocycles. The van der Waals surface area contributed by atoms with Gasteiger partial charge in [0.1, 0.15) is 17.2 Å². The van der Waals surface area contributed by atoms with Gasteiger partial charge in [-0.05, 0) is 80.0 Å². The zero-order chi connectivity index (χ0) is 23.6. The number of benzene rings is 3. The summed E-state index contributed by atoms with van der Waals surface area (Å²) in [7, 11) is -1.64. The number of hydrogen-bond donors (Lipinski definition) is 0. The van der Waals surface area contributed by atoms with Gasteiger partial charge in [-0.25, -0.2) is 0 Å². The monoisotopic (exact) mass is 460 g/mol. The molecule has 4 rings (SSSR count). The van der Waals surface area contributed by atoms with Crippen LogP contribution in [0.1, 0.15) is 16.7 Å². The highest BCUT2D eigenvalue weighted by atomic mass is 31.2. The summed E-state index contributed by atoms with van der Waals surface area (Å²) in [5, 5.41) is 0. The Kier molecular flexibility index (Phi) is 8.56. The minimum absolute atomic E-state index is 0.121. The second-order valence-electron chi connectivity index (χ2n) is 7.27. The fraction of sp³-hybridized carbons (Fsp3) is 0.111. The van der Waals surface area contributed by atoms with Crippen LogP contribution in [0.2, 0.25) is 0 Å². The first kappa shape index (κ1) is 24.0.